The third kappa shape index (κ3) is 5.30. The zero-order chi connectivity index (χ0) is 19.3. The van der Waals surface area contributed by atoms with Gasteiger partial charge >= 0.3 is 0 Å². The Morgan fingerprint density at radius 1 is 1.11 bits per heavy atom. The molecule has 0 unspecified atom stereocenters. The number of rotatable bonds is 7. The van der Waals surface area contributed by atoms with Crippen LogP contribution in [0.25, 0.3) is 0 Å². The molecule has 1 aromatic rings. The van der Waals surface area contributed by atoms with Crippen LogP contribution in [0.2, 0.25) is 0 Å². The van der Waals surface area contributed by atoms with E-state index in [1.165, 1.54) is 4.31 Å². The lowest BCUT2D eigenvalue weighted by Gasteiger charge is -2.33. The number of carbonyl (C=O) groups is 1. The minimum Gasteiger partial charge on any atom is -0.376 e. The number of nitrogens with zero attached hydrogens (tertiary/aromatic N) is 1. The summed E-state index contributed by atoms with van der Waals surface area (Å²) < 4.78 is 33.5. The lowest BCUT2D eigenvalue weighted by atomic mass is 9.95. The number of aryl methyl sites for hydroxylation is 1. The average molecular weight is 395 g/mol. The quantitative estimate of drug-likeness (QED) is 0.771. The fourth-order valence-corrected chi connectivity index (χ4v) is 5.50. The van der Waals surface area contributed by atoms with Crippen LogP contribution in [0.15, 0.2) is 29.2 Å². The molecular formula is C20H30N2O4S. The van der Waals surface area contributed by atoms with Crippen LogP contribution >= 0.6 is 0 Å². The molecule has 1 aliphatic heterocycles. The molecular weight excluding hydrogens is 364 g/mol. The van der Waals surface area contributed by atoms with Crippen LogP contribution in [0.4, 0.5) is 0 Å². The van der Waals surface area contributed by atoms with Gasteiger partial charge in [0.25, 0.3) is 0 Å². The molecule has 0 spiro atoms. The summed E-state index contributed by atoms with van der Waals surface area (Å²) in [6, 6.07) is 6.74. The van der Waals surface area contributed by atoms with Gasteiger partial charge < -0.3 is 10.1 Å². The molecule has 1 heterocycles. The number of hydrogen-bond acceptors (Lipinski definition) is 4. The summed E-state index contributed by atoms with van der Waals surface area (Å²) >= 11 is 0. The molecule has 1 atom stereocenters. The van der Waals surface area contributed by atoms with E-state index >= 15 is 0 Å². The Kier molecular flexibility index (Phi) is 6.89. The normalized spacial score (nSPS) is 21.5. The first-order valence-electron chi connectivity index (χ1n) is 9.93. The van der Waals surface area contributed by atoms with E-state index in [1.807, 2.05) is 6.92 Å². The van der Waals surface area contributed by atoms with Gasteiger partial charge in [0.15, 0.2) is 0 Å². The highest BCUT2D eigenvalue weighted by Gasteiger charge is 2.34. The third-order valence-electron chi connectivity index (χ3n) is 5.46. The first kappa shape index (κ1) is 20.3. The maximum atomic E-state index is 13.3. The monoisotopic (exact) mass is 394 g/mol. The smallest absolute Gasteiger partial charge is 0.243 e. The maximum absolute atomic E-state index is 13.3. The molecule has 3 rings (SSSR count). The predicted molar refractivity (Wildman–Crippen MR) is 104 cm³/mol. The van der Waals surface area contributed by atoms with E-state index < -0.39 is 10.0 Å². The van der Waals surface area contributed by atoms with Crippen LogP contribution in [-0.4, -0.2) is 50.5 Å². The second-order valence-corrected chi connectivity index (χ2v) is 9.48. The van der Waals surface area contributed by atoms with E-state index in [9.17, 15) is 13.2 Å². The van der Waals surface area contributed by atoms with Crippen LogP contribution in [-0.2, 0) is 19.6 Å². The fraction of sp³-hybridized carbons (Fsp3) is 0.650. The zero-order valence-corrected chi connectivity index (χ0v) is 16.8. The number of hydrogen-bond donors (Lipinski definition) is 1. The summed E-state index contributed by atoms with van der Waals surface area (Å²) in [5.74, 6) is -0.258. The number of ether oxygens (including phenoxy) is 1. The van der Waals surface area contributed by atoms with E-state index in [0.717, 1.165) is 57.1 Å². The zero-order valence-electron chi connectivity index (χ0n) is 16.0. The van der Waals surface area contributed by atoms with Crippen molar-refractivity contribution in [2.75, 3.05) is 19.7 Å². The molecule has 27 heavy (non-hydrogen) atoms. The highest BCUT2D eigenvalue weighted by atomic mass is 32.2. The minimum atomic E-state index is -3.71. The van der Waals surface area contributed by atoms with Crippen molar-refractivity contribution in [1.82, 2.24) is 9.62 Å². The Morgan fingerprint density at radius 3 is 2.44 bits per heavy atom. The van der Waals surface area contributed by atoms with Crippen molar-refractivity contribution in [2.45, 2.75) is 68.9 Å². The Morgan fingerprint density at radius 2 is 1.81 bits per heavy atom. The van der Waals surface area contributed by atoms with Gasteiger partial charge in [0, 0.05) is 19.2 Å². The Balaban J connectivity index is 1.73. The Hall–Kier alpha value is -1.44. The summed E-state index contributed by atoms with van der Waals surface area (Å²) in [5, 5.41) is 2.86. The van der Waals surface area contributed by atoms with Crippen LogP contribution in [0.3, 0.4) is 0 Å². The molecule has 0 aromatic heterocycles. The second kappa shape index (κ2) is 9.17. The fourth-order valence-electron chi connectivity index (χ4n) is 3.86. The van der Waals surface area contributed by atoms with Crippen LogP contribution in [0.5, 0.6) is 0 Å². The summed E-state index contributed by atoms with van der Waals surface area (Å²) in [7, 11) is -3.71. The molecule has 0 bridgehead atoms. The Bertz CT molecular complexity index is 721. The lowest BCUT2D eigenvalue weighted by molar-refractivity contribution is -0.122. The molecule has 2 aliphatic rings. The summed E-state index contributed by atoms with van der Waals surface area (Å²) in [6.07, 6.45) is 6.74. The second-order valence-electron chi connectivity index (χ2n) is 7.59. The van der Waals surface area contributed by atoms with Crippen molar-refractivity contribution in [3.63, 3.8) is 0 Å². The molecule has 6 nitrogen and oxygen atoms in total. The van der Waals surface area contributed by atoms with Crippen molar-refractivity contribution in [3.05, 3.63) is 29.8 Å². The SMILES string of the molecule is Cc1ccc(S(=O)(=O)N(CC(=O)NC[C@@H]2CCCO2)C2CCCCC2)cc1. The van der Waals surface area contributed by atoms with Gasteiger partial charge in [0.1, 0.15) is 0 Å². The first-order valence-corrected chi connectivity index (χ1v) is 11.4. The van der Waals surface area contributed by atoms with Gasteiger partial charge in [0.05, 0.1) is 17.5 Å². The standard InChI is InChI=1S/C20H30N2O4S/c1-16-9-11-19(12-10-16)27(24,25)22(17-6-3-2-4-7-17)15-20(23)21-14-18-8-5-13-26-18/h9-12,17-18H,2-8,13-15H2,1H3,(H,21,23)/t18-/m0/s1. The molecule has 1 saturated carbocycles. The minimum absolute atomic E-state index is 0.0470. The van der Waals surface area contributed by atoms with E-state index in [1.54, 1.807) is 24.3 Å². The number of carbonyl (C=O) groups excluding carboxylic acids is 1. The van der Waals surface area contributed by atoms with Crippen molar-refractivity contribution in [2.24, 2.45) is 0 Å². The van der Waals surface area contributed by atoms with E-state index in [4.69, 9.17) is 4.74 Å². The van der Waals surface area contributed by atoms with Gasteiger partial charge in [-0.3, -0.25) is 4.79 Å². The van der Waals surface area contributed by atoms with E-state index in [-0.39, 0.29) is 29.5 Å². The molecule has 2 fully saturated rings. The van der Waals surface area contributed by atoms with Gasteiger partial charge in [0.2, 0.25) is 15.9 Å². The Labute approximate surface area is 162 Å². The highest BCUT2D eigenvalue weighted by molar-refractivity contribution is 7.89. The first-order chi connectivity index (χ1) is 13.0. The number of benzene rings is 1. The lowest BCUT2D eigenvalue weighted by Crippen LogP contribution is -2.47. The van der Waals surface area contributed by atoms with Crippen LogP contribution in [0.1, 0.15) is 50.5 Å². The highest BCUT2D eigenvalue weighted by Crippen LogP contribution is 2.27. The van der Waals surface area contributed by atoms with Crippen molar-refractivity contribution in [3.8, 4) is 0 Å². The van der Waals surface area contributed by atoms with Crippen molar-refractivity contribution in [1.29, 1.82) is 0 Å². The average Bonchev–Trinajstić information content (AvgIpc) is 3.19. The predicted octanol–water partition coefficient (Wildman–Crippen LogP) is 2.61. The molecule has 1 saturated heterocycles. The molecule has 1 amide bonds. The third-order valence-corrected chi connectivity index (χ3v) is 7.37. The summed E-state index contributed by atoms with van der Waals surface area (Å²) in [5.41, 5.74) is 1.01. The van der Waals surface area contributed by atoms with E-state index in [2.05, 4.69) is 5.32 Å². The van der Waals surface area contributed by atoms with E-state index in [0.29, 0.717) is 6.54 Å². The number of amides is 1. The van der Waals surface area contributed by atoms with Gasteiger partial charge in [-0.2, -0.15) is 4.31 Å². The molecule has 1 N–H and O–H groups in total. The van der Waals surface area contributed by atoms with Crippen molar-refractivity contribution < 1.29 is 17.9 Å². The summed E-state index contributed by atoms with van der Waals surface area (Å²) in [4.78, 5) is 12.8. The van der Waals surface area contributed by atoms with Gasteiger partial charge in [-0.15, -0.1) is 0 Å². The molecule has 0 radical (unpaired) electrons. The molecule has 1 aliphatic carbocycles. The van der Waals surface area contributed by atoms with Gasteiger partial charge in [-0.25, -0.2) is 8.42 Å². The number of nitrogens with one attached hydrogen (secondary N) is 1. The maximum Gasteiger partial charge on any atom is 0.243 e. The molecule has 1 aromatic carbocycles. The largest absolute Gasteiger partial charge is 0.376 e. The van der Waals surface area contributed by atoms with Crippen LogP contribution in [0, 0.1) is 6.92 Å². The molecule has 150 valence electrons. The topological polar surface area (TPSA) is 75.7 Å². The van der Waals surface area contributed by atoms with Crippen LogP contribution < -0.4 is 5.32 Å². The van der Waals surface area contributed by atoms with Gasteiger partial charge in [-0.05, 0) is 44.7 Å². The summed E-state index contributed by atoms with van der Waals surface area (Å²) in [6.45, 7) is 2.97. The van der Waals surface area contributed by atoms with Gasteiger partial charge in [-0.1, -0.05) is 37.0 Å². The van der Waals surface area contributed by atoms with Crippen molar-refractivity contribution >= 4 is 15.9 Å². The number of sulfonamides is 1. The molecule has 7 heteroatoms.